The summed E-state index contributed by atoms with van der Waals surface area (Å²) < 4.78 is 29.4. The predicted octanol–water partition coefficient (Wildman–Crippen LogP) is 3.39. The van der Waals surface area contributed by atoms with E-state index in [1.54, 1.807) is 31.3 Å². The standard InChI is InChI=1S/C22H19F2N5O2S/c1-14(28-21(30)20-8-7-19(32-20)18-4-2-3-9-26-18)22(31,11-29-13-25-12-27-29)16-6-5-15(23)10-17(16)24/h2-10,12-14,31H,11H2,1H3,(H,28,30). The molecule has 4 aromatic rings. The number of amides is 1. The fourth-order valence-electron chi connectivity index (χ4n) is 3.35. The molecule has 0 aliphatic heterocycles. The highest BCUT2D eigenvalue weighted by atomic mass is 32.1. The molecule has 2 unspecified atom stereocenters. The van der Waals surface area contributed by atoms with Gasteiger partial charge in [-0.1, -0.05) is 12.1 Å². The summed E-state index contributed by atoms with van der Waals surface area (Å²) >= 11 is 1.25. The summed E-state index contributed by atoms with van der Waals surface area (Å²) in [6.45, 7) is 1.34. The molecule has 0 aliphatic carbocycles. The number of pyridine rings is 1. The zero-order chi connectivity index (χ0) is 22.7. The summed E-state index contributed by atoms with van der Waals surface area (Å²) in [5.74, 6) is -2.14. The molecule has 1 amide bonds. The Morgan fingerprint density at radius 3 is 2.78 bits per heavy atom. The molecular weight excluding hydrogens is 436 g/mol. The minimum Gasteiger partial charge on any atom is -0.381 e. The third-order valence-electron chi connectivity index (χ3n) is 5.08. The summed E-state index contributed by atoms with van der Waals surface area (Å²) in [5.41, 5.74) is -1.36. The highest BCUT2D eigenvalue weighted by molar-refractivity contribution is 7.17. The van der Waals surface area contributed by atoms with Gasteiger partial charge in [-0.25, -0.2) is 18.4 Å². The Labute approximate surface area is 186 Å². The van der Waals surface area contributed by atoms with Crippen LogP contribution in [-0.4, -0.2) is 36.8 Å². The van der Waals surface area contributed by atoms with E-state index in [1.165, 1.54) is 28.7 Å². The molecule has 164 valence electrons. The second-order valence-electron chi connectivity index (χ2n) is 7.22. The molecule has 3 heterocycles. The van der Waals surface area contributed by atoms with Crippen LogP contribution in [0, 0.1) is 11.6 Å². The first-order valence-electron chi connectivity index (χ1n) is 9.69. The van der Waals surface area contributed by atoms with Crippen molar-refractivity contribution in [1.82, 2.24) is 25.1 Å². The molecule has 32 heavy (non-hydrogen) atoms. The Bertz CT molecular complexity index is 1220. The molecule has 0 saturated heterocycles. The van der Waals surface area contributed by atoms with Gasteiger partial charge in [-0.3, -0.25) is 9.78 Å². The lowest BCUT2D eigenvalue weighted by Crippen LogP contribution is -2.51. The van der Waals surface area contributed by atoms with E-state index in [2.05, 4.69) is 20.4 Å². The predicted molar refractivity (Wildman–Crippen MR) is 115 cm³/mol. The van der Waals surface area contributed by atoms with Crippen molar-refractivity contribution < 1.29 is 18.7 Å². The Morgan fingerprint density at radius 2 is 2.09 bits per heavy atom. The van der Waals surface area contributed by atoms with Crippen LogP contribution in [0.1, 0.15) is 22.2 Å². The number of aliphatic hydroxyl groups is 1. The lowest BCUT2D eigenvalue weighted by Gasteiger charge is -2.35. The second kappa shape index (κ2) is 8.93. The van der Waals surface area contributed by atoms with Crippen molar-refractivity contribution >= 4 is 17.2 Å². The molecule has 0 aliphatic rings. The van der Waals surface area contributed by atoms with Crippen LogP contribution in [-0.2, 0) is 12.1 Å². The molecule has 0 fully saturated rings. The second-order valence-corrected chi connectivity index (χ2v) is 8.30. The Hall–Kier alpha value is -3.50. The SMILES string of the molecule is CC(NC(=O)c1ccc(-c2ccccn2)s1)C(O)(Cn1cncn1)c1ccc(F)cc1F. The molecule has 10 heteroatoms. The highest BCUT2D eigenvalue weighted by Crippen LogP contribution is 2.31. The van der Waals surface area contributed by atoms with Gasteiger partial charge in [0.15, 0.2) is 0 Å². The quantitative estimate of drug-likeness (QED) is 0.446. The summed E-state index contributed by atoms with van der Waals surface area (Å²) in [7, 11) is 0. The van der Waals surface area contributed by atoms with Crippen molar-refractivity contribution in [2.45, 2.75) is 25.1 Å². The van der Waals surface area contributed by atoms with Crippen molar-refractivity contribution in [3.8, 4) is 10.6 Å². The van der Waals surface area contributed by atoms with E-state index in [1.807, 2.05) is 12.1 Å². The molecule has 0 bridgehead atoms. The van der Waals surface area contributed by atoms with Crippen LogP contribution >= 0.6 is 11.3 Å². The lowest BCUT2D eigenvalue weighted by atomic mass is 9.86. The van der Waals surface area contributed by atoms with Gasteiger partial charge in [-0.05, 0) is 37.3 Å². The highest BCUT2D eigenvalue weighted by Gasteiger charge is 2.40. The van der Waals surface area contributed by atoms with Crippen molar-refractivity contribution in [1.29, 1.82) is 0 Å². The molecular formula is C22H19F2N5O2S. The maximum absolute atomic E-state index is 14.6. The van der Waals surface area contributed by atoms with Gasteiger partial charge < -0.3 is 10.4 Å². The first-order chi connectivity index (χ1) is 15.4. The minimum atomic E-state index is -1.93. The maximum atomic E-state index is 14.6. The zero-order valence-corrected chi connectivity index (χ0v) is 17.8. The van der Waals surface area contributed by atoms with Gasteiger partial charge in [0.05, 0.1) is 28.0 Å². The van der Waals surface area contributed by atoms with E-state index >= 15 is 0 Å². The molecule has 3 aromatic heterocycles. The Kier molecular flexibility index (Phi) is 6.06. The van der Waals surface area contributed by atoms with Crippen molar-refractivity contribution in [3.63, 3.8) is 0 Å². The number of nitrogens with zero attached hydrogens (tertiary/aromatic N) is 4. The number of thiophene rings is 1. The summed E-state index contributed by atoms with van der Waals surface area (Å²) in [5, 5.41) is 18.2. The molecule has 2 N–H and O–H groups in total. The van der Waals surface area contributed by atoms with Crippen molar-refractivity contribution in [2.75, 3.05) is 0 Å². The molecule has 4 rings (SSSR count). The number of halogens is 2. The summed E-state index contributed by atoms with van der Waals surface area (Å²) in [4.78, 5) is 22.2. The number of hydrogen-bond acceptors (Lipinski definition) is 6. The molecule has 2 atom stereocenters. The fourth-order valence-corrected chi connectivity index (χ4v) is 4.24. The smallest absolute Gasteiger partial charge is 0.261 e. The maximum Gasteiger partial charge on any atom is 0.261 e. The van der Waals surface area contributed by atoms with E-state index in [4.69, 9.17) is 0 Å². The van der Waals surface area contributed by atoms with Gasteiger partial charge in [0.25, 0.3) is 5.91 Å². The molecule has 0 spiro atoms. The average molecular weight is 455 g/mol. The van der Waals surface area contributed by atoms with Crippen LogP contribution in [0.5, 0.6) is 0 Å². The van der Waals surface area contributed by atoms with Crippen LogP contribution in [0.4, 0.5) is 8.78 Å². The van der Waals surface area contributed by atoms with Gasteiger partial charge in [0.1, 0.15) is 29.9 Å². The normalized spacial score (nSPS) is 14.0. The van der Waals surface area contributed by atoms with Gasteiger partial charge in [0, 0.05) is 17.8 Å². The fraction of sp³-hybridized carbons (Fsp3) is 0.182. The van der Waals surface area contributed by atoms with Gasteiger partial charge in [-0.2, -0.15) is 5.10 Å². The van der Waals surface area contributed by atoms with Crippen LogP contribution in [0.25, 0.3) is 10.6 Å². The molecule has 0 radical (unpaired) electrons. The number of benzene rings is 1. The lowest BCUT2D eigenvalue weighted by molar-refractivity contribution is -0.0185. The Balaban J connectivity index is 1.60. The van der Waals surface area contributed by atoms with E-state index < -0.39 is 29.2 Å². The topological polar surface area (TPSA) is 92.9 Å². The minimum absolute atomic E-state index is 0.164. The number of aromatic nitrogens is 4. The van der Waals surface area contributed by atoms with E-state index in [9.17, 15) is 18.7 Å². The number of carbonyl (C=O) groups is 1. The first kappa shape index (κ1) is 21.7. The summed E-state index contributed by atoms with van der Waals surface area (Å²) in [6.07, 6.45) is 4.30. The van der Waals surface area contributed by atoms with Crippen LogP contribution in [0.15, 0.2) is 67.4 Å². The van der Waals surface area contributed by atoms with Crippen molar-refractivity contribution in [2.24, 2.45) is 0 Å². The van der Waals surface area contributed by atoms with Gasteiger partial charge >= 0.3 is 0 Å². The third kappa shape index (κ3) is 4.41. The number of carbonyl (C=O) groups excluding carboxylic acids is 1. The number of rotatable bonds is 7. The average Bonchev–Trinajstić information content (AvgIpc) is 3.46. The van der Waals surface area contributed by atoms with Crippen molar-refractivity contribution in [3.05, 3.63) is 89.5 Å². The van der Waals surface area contributed by atoms with Crippen LogP contribution in [0.3, 0.4) is 0 Å². The largest absolute Gasteiger partial charge is 0.381 e. The summed E-state index contributed by atoms with van der Waals surface area (Å²) in [6, 6.07) is 10.9. The first-order valence-corrected chi connectivity index (χ1v) is 10.5. The van der Waals surface area contributed by atoms with Gasteiger partial charge in [0.2, 0.25) is 0 Å². The van der Waals surface area contributed by atoms with E-state index in [-0.39, 0.29) is 12.1 Å². The third-order valence-corrected chi connectivity index (χ3v) is 6.18. The van der Waals surface area contributed by atoms with Crippen LogP contribution in [0.2, 0.25) is 0 Å². The molecule has 1 aromatic carbocycles. The van der Waals surface area contributed by atoms with E-state index in [0.29, 0.717) is 10.9 Å². The number of hydrogen-bond donors (Lipinski definition) is 2. The van der Waals surface area contributed by atoms with Gasteiger partial charge in [-0.15, -0.1) is 11.3 Å². The molecule has 7 nitrogen and oxygen atoms in total. The van der Waals surface area contributed by atoms with E-state index in [0.717, 1.165) is 22.7 Å². The Morgan fingerprint density at radius 1 is 1.25 bits per heavy atom. The number of nitrogens with one attached hydrogen (secondary N) is 1. The van der Waals surface area contributed by atoms with Crippen LogP contribution < -0.4 is 5.32 Å². The molecule has 0 saturated carbocycles. The zero-order valence-electron chi connectivity index (χ0n) is 16.9. The monoisotopic (exact) mass is 455 g/mol.